The number of ketones is 1. The standard InChI is InChI=1S/C16H16N4O3/c1-9-4-6-11(7-5-9)13(21)10(2)12-8-17-14-19(3)15(22)18-16(23)20(12)14/h4-8,10H,1-3H3,(H,18,22,23). The Balaban J connectivity index is 2.11. The minimum atomic E-state index is -0.598. The number of benzene rings is 1. The van der Waals surface area contributed by atoms with Crippen LogP contribution in [-0.2, 0) is 7.05 Å². The van der Waals surface area contributed by atoms with Gasteiger partial charge in [-0.3, -0.25) is 14.3 Å². The van der Waals surface area contributed by atoms with E-state index in [2.05, 4.69) is 9.97 Å². The molecule has 7 heteroatoms. The molecule has 7 nitrogen and oxygen atoms in total. The number of aromatic amines is 1. The molecule has 0 spiro atoms. The molecule has 0 fully saturated rings. The fourth-order valence-corrected chi connectivity index (χ4v) is 2.53. The number of H-pyrrole nitrogens is 1. The lowest BCUT2D eigenvalue weighted by atomic mass is 9.96. The van der Waals surface area contributed by atoms with Crippen molar-refractivity contribution in [2.75, 3.05) is 0 Å². The molecule has 0 saturated heterocycles. The molecule has 3 aromatic rings. The van der Waals surface area contributed by atoms with Crippen molar-refractivity contribution in [2.45, 2.75) is 19.8 Å². The van der Waals surface area contributed by atoms with Gasteiger partial charge in [0.25, 0.3) is 0 Å². The smallest absolute Gasteiger partial charge is 0.293 e. The minimum absolute atomic E-state index is 0.111. The van der Waals surface area contributed by atoms with Crippen molar-refractivity contribution in [3.8, 4) is 0 Å². The second-order valence-electron chi connectivity index (χ2n) is 5.56. The summed E-state index contributed by atoms with van der Waals surface area (Å²) < 4.78 is 2.49. The van der Waals surface area contributed by atoms with Crippen LogP contribution in [0.15, 0.2) is 40.1 Å². The van der Waals surface area contributed by atoms with Crippen LogP contribution in [0.3, 0.4) is 0 Å². The molecule has 3 rings (SSSR count). The van der Waals surface area contributed by atoms with Gasteiger partial charge in [-0.1, -0.05) is 29.8 Å². The summed E-state index contributed by atoms with van der Waals surface area (Å²) in [5.41, 5.74) is 0.938. The number of hydrogen-bond acceptors (Lipinski definition) is 4. The van der Waals surface area contributed by atoms with Crippen LogP contribution in [0, 0.1) is 6.92 Å². The number of imidazole rings is 1. The number of nitrogens with one attached hydrogen (secondary N) is 1. The third-order valence-corrected chi connectivity index (χ3v) is 3.97. The fraction of sp³-hybridized carbons (Fsp3) is 0.250. The third kappa shape index (κ3) is 2.40. The molecular weight excluding hydrogens is 296 g/mol. The van der Waals surface area contributed by atoms with Crippen LogP contribution >= 0.6 is 0 Å². The normalized spacial score (nSPS) is 12.5. The van der Waals surface area contributed by atoms with Gasteiger partial charge in [0.1, 0.15) is 0 Å². The van der Waals surface area contributed by atoms with Gasteiger partial charge in [0, 0.05) is 12.6 Å². The van der Waals surface area contributed by atoms with E-state index in [1.54, 1.807) is 19.1 Å². The van der Waals surface area contributed by atoms with Crippen molar-refractivity contribution >= 4 is 11.6 Å². The first kappa shape index (κ1) is 15.0. The number of carbonyl (C=O) groups is 1. The van der Waals surface area contributed by atoms with Crippen molar-refractivity contribution in [2.24, 2.45) is 7.05 Å². The van der Waals surface area contributed by atoms with Crippen LogP contribution in [0.2, 0.25) is 0 Å². The van der Waals surface area contributed by atoms with Crippen molar-refractivity contribution in [3.63, 3.8) is 0 Å². The Morgan fingerprint density at radius 2 is 1.83 bits per heavy atom. The topological polar surface area (TPSA) is 89.2 Å². The number of fused-ring (bicyclic) bond motifs is 1. The largest absolute Gasteiger partial charge is 0.336 e. The Morgan fingerprint density at radius 1 is 1.17 bits per heavy atom. The van der Waals surface area contributed by atoms with E-state index in [1.165, 1.54) is 22.2 Å². The Hall–Kier alpha value is -2.96. The maximum absolute atomic E-state index is 12.6. The summed E-state index contributed by atoms with van der Waals surface area (Å²) in [6.45, 7) is 3.67. The number of carbonyl (C=O) groups excluding carboxylic acids is 1. The fourth-order valence-electron chi connectivity index (χ4n) is 2.53. The van der Waals surface area contributed by atoms with Crippen LogP contribution in [0.4, 0.5) is 0 Å². The van der Waals surface area contributed by atoms with Gasteiger partial charge < -0.3 is 0 Å². The molecule has 0 saturated carbocycles. The Labute approximate surface area is 131 Å². The summed E-state index contributed by atoms with van der Waals surface area (Å²) in [6, 6.07) is 7.25. The lowest BCUT2D eigenvalue weighted by Crippen LogP contribution is -2.34. The van der Waals surface area contributed by atoms with Crippen molar-refractivity contribution in [3.05, 3.63) is 68.3 Å². The van der Waals surface area contributed by atoms with Gasteiger partial charge >= 0.3 is 11.4 Å². The average Bonchev–Trinajstić information content (AvgIpc) is 2.97. The van der Waals surface area contributed by atoms with E-state index in [9.17, 15) is 14.4 Å². The highest BCUT2D eigenvalue weighted by Crippen LogP contribution is 2.20. The summed E-state index contributed by atoms with van der Waals surface area (Å²) in [4.78, 5) is 42.6. The average molecular weight is 312 g/mol. The molecule has 1 atom stereocenters. The lowest BCUT2D eigenvalue weighted by molar-refractivity contribution is 0.0964. The molecule has 0 radical (unpaired) electrons. The van der Waals surface area contributed by atoms with E-state index in [1.807, 2.05) is 19.1 Å². The van der Waals surface area contributed by atoms with E-state index < -0.39 is 17.3 Å². The third-order valence-electron chi connectivity index (χ3n) is 3.97. The van der Waals surface area contributed by atoms with E-state index in [-0.39, 0.29) is 11.6 Å². The number of Topliss-reactive ketones (excluding diaryl/α,β-unsaturated/α-hetero) is 1. The van der Waals surface area contributed by atoms with Gasteiger partial charge in [-0.05, 0) is 13.8 Å². The Kier molecular flexibility index (Phi) is 3.48. The second kappa shape index (κ2) is 5.35. The molecule has 2 aromatic heterocycles. The minimum Gasteiger partial charge on any atom is -0.293 e. The lowest BCUT2D eigenvalue weighted by Gasteiger charge is -2.10. The second-order valence-corrected chi connectivity index (χ2v) is 5.56. The Bertz CT molecular complexity index is 1010. The molecule has 23 heavy (non-hydrogen) atoms. The predicted molar refractivity (Wildman–Crippen MR) is 85.0 cm³/mol. The first-order chi connectivity index (χ1) is 10.9. The number of aryl methyl sites for hydroxylation is 2. The van der Waals surface area contributed by atoms with Gasteiger partial charge in [0.2, 0.25) is 5.78 Å². The molecule has 0 aliphatic carbocycles. The first-order valence-electron chi connectivity index (χ1n) is 7.17. The van der Waals surface area contributed by atoms with Gasteiger partial charge in [-0.15, -0.1) is 0 Å². The number of rotatable bonds is 3. The monoisotopic (exact) mass is 312 g/mol. The maximum atomic E-state index is 12.6. The van der Waals surface area contributed by atoms with Crippen LogP contribution in [-0.4, -0.2) is 24.7 Å². The van der Waals surface area contributed by atoms with Gasteiger partial charge in [0.15, 0.2) is 5.78 Å². The van der Waals surface area contributed by atoms with Crippen LogP contribution in [0.5, 0.6) is 0 Å². The van der Waals surface area contributed by atoms with Gasteiger partial charge in [-0.25, -0.2) is 19.0 Å². The molecule has 0 aliphatic heterocycles. The zero-order chi connectivity index (χ0) is 16.7. The quantitative estimate of drug-likeness (QED) is 0.731. The van der Waals surface area contributed by atoms with Gasteiger partial charge in [-0.2, -0.15) is 0 Å². The number of nitrogens with zero attached hydrogens (tertiary/aromatic N) is 3. The molecule has 1 aromatic carbocycles. The van der Waals surface area contributed by atoms with Crippen molar-refractivity contribution < 1.29 is 4.79 Å². The molecule has 1 N–H and O–H groups in total. The summed E-state index contributed by atoms with van der Waals surface area (Å²) in [7, 11) is 1.51. The highest BCUT2D eigenvalue weighted by atomic mass is 16.2. The SMILES string of the molecule is Cc1ccc(C(=O)C(C)c2cnc3n(C)c(=O)[nH]c(=O)n23)cc1. The summed E-state index contributed by atoms with van der Waals surface area (Å²) in [5, 5.41) is 0. The van der Waals surface area contributed by atoms with Crippen LogP contribution in [0.25, 0.3) is 5.78 Å². The molecule has 0 aliphatic rings. The van der Waals surface area contributed by atoms with E-state index >= 15 is 0 Å². The highest BCUT2D eigenvalue weighted by Gasteiger charge is 2.22. The van der Waals surface area contributed by atoms with E-state index in [0.29, 0.717) is 11.3 Å². The Morgan fingerprint density at radius 3 is 2.48 bits per heavy atom. The first-order valence-corrected chi connectivity index (χ1v) is 7.17. The van der Waals surface area contributed by atoms with Gasteiger partial charge in [0.05, 0.1) is 17.8 Å². The maximum Gasteiger partial charge on any atom is 0.336 e. The zero-order valence-corrected chi connectivity index (χ0v) is 13.0. The summed E-state index contributed by atoms with van der Waals surface area (Å²) in [6.07, 6.45) is 1.46. The molecule has 2 heterocycles. The van der Waals surface area contributed by atoms with Crippen LogP contribution in [0.1, 0.15) is 34.5 Å². The number of aromatic nitrogens is 4. The summed E-state index contributed by atoms with van der Waals surface area (Å²) in [5.74, 6) is -0.469. The predicted octanol–water partition coefficient (Wildman–Crippen LogP) is 1.02. The zero-order valence-electron chi connectivity index (χ0n) is 13.0. The van der Waals surface area contributed by atoms with Crippen molar-refractivity contribution in [1.29, 1.82) is 0 Å². The molecule has 0 bridgehead atoms. The van der Waals surface area contributed by atoms with E-state index in [4.69, 9.17) is 0 Å². The number of hydrogen-bond donors (Lipinski definition) is 1. The molecule has 1 unspecified atom stereocenters. The van der Waals surface area contributed by atoms with Crippen molar-refractivity contribution in [1.82, 2.24) is 18.9 Å². The molecule has 118 valence electrons. The van der Waals surface area contributed by atoms with Crippen LogP contribution < -0.4 is 11.4 Å². The van der Waals surface area contributed by atoms with E-state index in [0.717, 1.165) is 5.56 Å². The molecular formula is C16H16N4O3. The summed E-state index contributed by atoms with van der Waals surface area (Å²) >= 11 is 0. The molecule has 0 amide bonds. The highest BCUT2D eigenvalue weighted by molar-refractivity contribution is 6.00.